The standard InChI is InChI=1S/C14H18F2N2O2S/c1-10(13(19)18-6-8-20-9-7-18)17-11-4-2-3-5-12(11)21-14(15)16/h2-5,10,14,17H,6-9H2,1H3. The van der Waals surface area contributed by atoms with Crippen LogP contribution in [0.5, 0.6) is 0 Å². The summed E-state index contributed by atoms with van der Waals surface area (Å²) in [4.78, 5) is 14.5. The van der Waals surface area contributed by atoms with Crippen LogP contribution in [0.15, 0.2) is 29.2 Å². The molecule has 7 heteroatoms. The largest absolute Gasteiger partial charge is 0.378 e. The number of hydrogen-bond donors (Lipinski definition) is 1. The molecule has 1 fully saturated rings. The highest BCUT2D eigenvalue weighted by atomic mass is 32.2. The van der Waals surface area contributed by atoms with E-state index < -0.39 is 11.8 Å². The molecule has 1 saturated heterocycles. The number of benzene rings is 1. The lowest BCUT2D eigenvalue weighted by atomic mass is 10.2. The molecule has 0 aliphatic carbocycles. The van der Waals surface area contributed by atoms with E-state index in [-0.39, 0.29) is 5.91 Å². The van der Waals surface area contributed by atoms with Gasteiger partial charge in [0.15, 0.2) is 0 Å². The maximum absolute atomic E-state index is 12.5. The minimum atomic E-state index is -2.49. The van der Waals surface area contributed by atoms with E-state index in [4.69, 9.17) is 4.74 Å². The second kappa shape index (κ2) is 7.61. The van der Waals surface area contributed by atoms with Crippen molar-refractivity contribution in [2.45, 2.75) is 23.6 Å². The number of rotatable bonds is 5. The van der Waals surface area contributed by atoms with Crippen molar-refractivity contribution in [3.63, 3.8) is 0 Å². The van der Waals surface area contributed by atoms with Crippen molar-refractivity contribution in [2.75, 3.05) is 31.6 Å². The average Bonchev–Trinajstić information content (AvgIpc) is 2.49. The first-order valence-electron chi connectivity index (χ1n) is 6.75. The number of amides is 1. The average molecular weight is 316 g/mol. The fourth-order valence-corrected chi connectivity index (χ4v) is 2.74. The second-order valence-corrected chi connectivity index (χ2v) is 5.71. The van der Waals surface area contributed by atoms with Gasteiger partial charge < -0.3 is 15.0 Å². The summed E-state index contributed by atoms with van der Waals surface area (Å²) < 4.78 is 30.3. The molecule has 1 unspecified atom stereocenters. The van der Waals surface area contributed by atoms with Gasteiger partial charge in [-0.3, -0.25) is 4.79 Å². The molecule has 0 saturated carbocycles. The maximum Gasteiger partial charge on any atom is 0.288 e. The van der Waals surface area contributed by atoms with Crippen LogP contribution in [0, 0.1) is 0 Å². The molecule has 1 amide bonds. The molecule has 1 aromatic carbocycles. The predicted molar refractivity (Wildman–Crippen MR) is 78.8 cm³/mol. The fourth-order valence-electron chi connectivity index (χ4n) is 2.14. The Labute approximate surface area is 126 Å². The summed E-state index contributed by atoms with van der Waals surface area (Å²) in [6.07, 6.45) is 0. The second-order valence-electron chi connectivity index (χ2n) is 4.68. The van der Waals surface area contributed by atoms with Gasteiger partial charge in [0.05, 0.1) is 13.2 Å². The molecular weight excluding hydrogens is 298 g/mol. The number of thioether (sulfide) groups is 1. The number of ether oxygens (including phenoxy) is 1. The van der Waals surface area contributed by atoms with Crippen LogP contribution in [0.4, 0.5) is 14.5 Å². The number of halogens is 2. The summed E-state index contributed by atoms with van der Waals surface area (Å²) in [6.45, 7) is 3.95. The summed E-state index contributed by atoms with van der Waals surface area (Å²) in [7, 11) is 0. The van der Waals surface area contributed by atoms with Gasteiger partial charge in [-0.25, -0.2) is 0 Å². The minimum absolute atomic E-state index is 0.0462. The number of morpholine rings is 1. The highest BCUT2D eigenvalue weighted by molar-refractivity contribution is 7.99. The van der Waals surface area contributed by atoms with Gasteiger partial charge in [-0.05, 0) is 19.1 Å². The van der Waals surface area contributed by atoms with Gasteiger partial charge in [0.1, 0.15) is 6.04 Å². The minimum Gasteiger partial charge on any atom is -0.378 e. The Balaban J connectivity index is 2.01. The van der Waals surface area contributed by atoms with Crippen LogP contribution in [0.3, 0.4) is 0 Å². The van der Waals surface area contributed by atoms with E-state index >= 15 is 0 Å². The smallest absolute Gasteiger partial charge is 0.288 e. The molecule has 1 aromatic rings. The van der Waals surface area contributed by atoms with Crippen molar-refractivity contribution in [3.05, 3.63) is 24.3 Å². The number of carbonyl (C=O) groups excluding carboxylic acids is 1. The molecule has 0 bridgehead atoms. The molecule has 1 N–H and O–H groups in total. The zero-order chi connectivity index (χ0) is 15.2. The van der Waals surface area contributed by atoms with Crippen LogP contribution in [0.2, 0.25) is 0 Å². The van der Waals surface area contributed by atoms with Crippen LogP contribution in [-0.4, -0.2) is 48.9 Å². The van der Waals surface area contributed by atoms with Crippen LogP contribution < -0.4 is 5.32 Å². The third-order valence-electron chi connectivity index (χ3n) is 3.17. The van der Waals surface area contributed by atoms with E-state index in [2.05, 4.69) is 5.32 Å². The molecule has 1 aliphatic rings. The first kappa shape index (κ1) is 16.0. The number of nitrogens with one attached hydrogen (secondary N) is 1. The van der Waals surface area contributed by atoms with Crippen molar-refractivity contribution in [3.8, 4) is 0 Å². The van der Waals surface area contributed by atoms with E-state index in [1.807, 2.05) is 0 Å². The third-order valence-corrected chi connectivity index (χ3v) is 3.96. The summed E-state index contributed by atoms with van der Waals surface area (Å²) >= 11 is 0.474. The molecular formula is C14H18F2N2O2S. The highest BCUT2D eigenvalue weighted by Crippen LogP contribution is 2.32. The Morgan fingerprint density at radius 2 is 2.00 bits per heavy atom. The number of nitrogens with zero attached hydrogens (tertiary/aromatic N) is 1. The number of anilines is 1. The van der Waals surface area contributed by atoms with Crippen LogP contribution in [0.25, 0.3) is 0 Å². The van der Waals surface area contributed by atoms with Crippen LogP contribution >= 0.6 is 11.8 Å². The van der Waals surface area contributed by atoms with Crippen molar-refractivity contribution in [2.24, 2.45) is 0 Å². The lowest BCUT2D eigenvalue weighted by Gasteiger charge is -2.30. The van der Waals surface area contributed by atoms with Crippen LogP contribution in [0.1, 0.15) is 6.92 Å². The SMILES string of the molecule is CC(Nc1ccccc1SC(F)F)C(=O)N1CCOCC1. The molecule has 0 spiro atoms. The number of carbonyl (C=O) groups is 1. The predicted octanol–water partition coefficient (Wildman–Crippen LogP) is 2.66. The van der Waals surface area contributed by atoms with E-state index in [9.17, 15) is 13.6 Å². The van der Waals surface area contributed by atoms with Gasteiger partial charge in [-0.2, -0.15) is 8.78 Å². The van der Waals surface area contributed by atoms with Crippen LogP contribution in [-0.2, 0) is 9.53 Å². The molecule has 2 rings (SSSR count). The molecule has 21 heavy (non-hydrogen) atoms. The van der Waals surface area contributed by atoms with Gasteiger partial charge >= 0.3 is 0 Å². The zero-order valence-corrected chi connectivity index (χ0v) is 12.5. The molecule has 1 heterocycles. The zero-order valence-electron chi connectivity index (χ0n) is 11.7. The summed E-state index contributed by atoms with van der Waals surface area (Å²) in [5, 5.41) is 3.03. The van der Waals surface area contributed by atoms with Gasteiger partial charge in [0, 0.05) is 23.7 Å². The van der Waals surface area contributed by atoms with Crippen molar-refractivity contribution >= 4 is 23.4 Å². The normalized spacial score (nSPS) is 16.9. The summed E-state index contributed by atoms with van der Waals surface area (Å²) in [5.74, 6) is -2.53. The van der Waals surface area contributed by atoms with Crippen molar-refractivity contribution in [1.82, 2.24) is 4.90 Å². The van der Waals surface area contributed by atoms with Gasteiger partial charge in [0.25, 0.3) is 5.76 Å². The van der Waals surface area contributed by atoms with Crippen molar-refractivity contribution < 1.29 is 18.3 Å². The van der Waals surface area contributed by atoms with E-state index in [1.54, 1.807) is 36.1 Å². The maximum atomic E-state index is 12.5. The van der Waals surface area contributed by atoms with Gasteiger partial charge in [-0.1, -0.05) is 23.9 Å². The Kier molecular flexibility index (Phi) is 5.81. The van der Waals surface area contributed by atoms with E-state index in [1.165, 1.54) is 0 Å². The molecule has 116 valence electrons. The molecule has 0 aromatic heterocycles. The number of hydrogen-bond acceptors (Lipinski definition) is 4. The first-order valence-corrected chi connectivity index (χ1v) is 7.63. The lowest BCUT2D eigenvalue weighted by Crippen LogP contribution is -2.47. The van der Waals surface area contributed by atoms with Gasteiger partial charge in [-0.15, -0.1) is 0 Å². The number of para-hydroxylation sites is 1. The highest BCUT2D eigenvalue weighted by Gasteiger charge is 2.23. The van der Waals surface area contributed by atoms with Crippen molar-refractivity contribution in [1.29, 1.82) is 0 Å². The van der Waals surface area contributed by atoms with E-state index in [0.717, 1.165) is 0 Å². The summed E-state index contributed by atoms with van der Waals surface area (Å²) in [6, 6.07) is 6.30. The van der Waals surface area contributed by atoms with Gasteiger partial charge in [0.2, 0.25) is 5.91 Å². The van der Waals surface area contributed by atoms with E-state index in [0.29, 0.717) is 48.6 Å². The Morgan fingerprint density at radius 1 is 1.33 bits per heavy atom. The third kappa shape index (κ3) is 4.57. The topological polar surface area (TPSA) is 41.6 Å². The Bertz CT molecular complexity index is 482. The Hall–Kier alpha value is -1.34. The first-order chi connectivity index (χ1) is 10.1. The monoisotopic (exact) mass is 316 g/mol. The molecule has 1 atom stereocenters. The lowest BCUT2D eigenvalue weighted by molar-refractivity contribution is -0.135. The fraction of sp³-hybridized carbons (Fsp3) is 0.500. The number of alkyl halides is 2. The Morgan fingerprint density at radius 3 is 2.67 bits per heavy atom. The summed E-state index contributed by atoms with van der Waals surface area (Å²) in [5.41, 5.74) is 0.553. The molecule has 1 aliphatic heterocycles. The molecule has 4 nitrogen and oxygen atoms in total. The quantitative estimate of drug-likeness (QED) is 0.848. The molecule has 0 radical (unpaired) electrons.